The van der Waals surface area contributed by atoms with Crippen molar-refractivity contribution in [3.8, 4) is 0 Å². The Morgan fingerprint density at radius 1 is 1.08 bits per heavy atom. The average molecular weight is 437 g/mol. The van der Waals surface area contributed by atoms with Gasteiger partial charge in [-0.2, -0.15) is 0 Å². The van der Waals surface area contributed by atoms with Crippen LogP contribution in [0.15, 0.2) is 38.5 Å². The van der Waals surface area contributed by atoms with E-state index in [2.05, 4.69) is 17.2 Å². The monoisotopic (exact) mass is 436 g/mol. The Morgan fingerprint density at radius 3 is 2.31 bits per heavy atom. The van der Waals surface area contributed by atoms with Crippen LogP contribution in [0.2, 0.25) is 5.02 Å². The highest BCUT2D eigenvalue weighted by Gasteiger charge is 2.29. The van der Waals surface area contributed by atoms with Crippen LogP contribution in [0.25, 0.3) is 0 Å². The van der Waals surface area contributed by atoms with E-state index in [1.807, 2.05) is 0 Å². The Kier molecular flexibility index (Phi) is 7.06. The SMILES string of the molecule is CCCCCNc1sc(S(=O)(=O)CC)nc1S(=O)(=O)c1ccc(Cl)cc1. The fraction of sp³-hybridized carbons (Fsp3) is 0.438. The van der Waals surface area contributed by atoms with Gasteiger partial charge >= 0.3 is 0 Å². The number of rotatable bonds is 9. The summed E-state index contributed by atoms with van der Waals surface area (Å²) < 4.78 is 50.0. The molecule has 0 bridgehead atoms. The van der Waals surface area contributed by atoms with Crippen LogP contribution >= 0.6 is 22.9 Å². The maximum absolute atomic E-state index is 12.9. The zero-order chi connectivity index (χ0) is 19.4. The van der Waals surface area contributed by atoms with Crippen molar-refractivity contribution in [2.75, 3.05) is 17.6 Å². The van der Waals surface area contributed by atoms with Crippen molar-refractivity contribution >= 4 is 47.6 Å². The predicted molar refractivity (Wildman–Crippen MR) is 105 cm³/mol. The highest BCUT2D eigenvalue weighted by Crippen LogP contribution is 2.35. The molecule has 2 aromatic rings. The van der Waals surface area contributed by atoms with Gasteiger partial charge < -0.3 is 5.32 Å². The number of nitrogens with one attached hydrogen (secondary N) is 1. The lowest BCUT2D eigenvalue weighted by Gasteiger charge is -2.07. The van der Waals surface area contributed by atoms with Crippen LogP contribution in [0.5, 0.6) is 0 Å². The predicted octanol–water partition coefficient (Wildman–Crippen LogP) is 4.03. The zero-order valence-electron chi connectivity index (χ0n) is 14.5. The molecule has 0 saturated carbocycles. The first-order valence-electron chi connectivity index (χ1n) is 8.20. The minimum atomic E-state index is -3.96. The molecule has 0 aliphatic carbocycles. The molecule has 26 heavy (non-hydrogen) atoms. The van der Waals surface area contributed by atoms with E-state index in [0.717, 1.165) is 30.6 Å². The lowest BCUT2D eigenvalue weighted by atomic mass is 10.2. The molecule has 0 unspecified atom stereocenters. The Balaban J connectivity index is 2.48. The summed E-state index contributed by atoms with van der Waals surface area (Å²) in [6, 6.07) is 5.70. The van der Waals surface area contributed by atoms with Gasteiger partial charge in [0.2, 0.25) is 24.0 Å². The molecule has 0 saturated heterocycles. The normalized spacial score (nSPS) is 12.3. The fourth-order valence-electron chi connectivity index (χ4n) is 2.14. The molecule has 1 aromatic heterocycles. The van der Waals surface area contributed by atoms with Gasteiger partial charge in [-0.25, -0.2) is 21.8 Å². The molecule has 1 aromatic carbocycles. The van der Waals surface area contributed by atoms with Crippen LogP contribution in [0.3, 0.4) is 0 Å². The van der Waals surface area contributed by atoms with Crippen molar-refractivity contribution in [1.29, 1.82) is 0 Å². The van der Waals surface area contributed by atoms with Gasteiger partial charge in [-0.3, -0.25) is 0 Å². The topological polar surface area (TPSA) is 93.2 Å². The number of benzene rings is 1. The maximum atomic E-state index is 12.9. The van der Waals surface area contributed by atoms with Crippen LogP contribution in [0, 0.1) is 0 Å². The number of hydrogen-bond acceptors (Lipinski definition) is 7. The summed E-state index contributed by atoms with van der Waals surface area (Å²) in [5.41, 5.74) is 0. The maximum Gasteiger partial charge on any atom is 0.226 e. The summed E-state index contributed by atoms with van der Waals surface area (Å²) in [7, 11) is -7.57. The standard InChI is InChI=1S/C16H21ClN2O4S3/c1-3-5-6-11-18-14-15(19-16(24-14)25(20,21)4-2)26(22,23)13-9-7-12(17)8-10-13/h7-10,18H,3-6,11H2,1-2H3. The summed E-state index contributed by atoms with van der Waals surface area (Å²) in [6.45, 7) is 4.11. The van der Waals surface area contributed by atoms with Gasteiger partial charge in [0.1, 0.15) is 5.00 Å². The second-order valence-electron chi connectivity index (χ2n) is 5.61. The summed E-state index contributed by atoms with van der Waals surface area (Å²) in [5, 5.41) is 3.45. The molecular formula is C16H21ClN2O4S3. The smallest absolute Gasteiger partial charge is 0.226 e. The van der Waals surface area contributed by atoms with E-state index < -0.39 is 19.7 Å². The summed E-state index contributed by atoms with van der Waals surface area (Å²) in [5.74, 6) is -0.143. The molecule has 0 radical (unpaired) electrons. The van der Waals surface area contributed by atoms with Crippen molar-refractivity contribution in [3.63, 3.8) is 0 Å². The average Bonchev–Trinajstić information content (AvgIpc) is 3.05. The van der Waals surface area contributed by atoms with Gasteiger partial charge in [-0.15, -0.1) is 0 Å². The second-order valence-corrected chi connectivity index (χ2v) is 11.4. The summed E-state index contributed by atoms with van der Waals surface area (Å²) in [6.07, 6.45) is 2.87. The Bertz CT molecular complexity index is 952. The van der Waals surface area contributed by atoms with Crippen molar-refractivity contribution in [2.24, 2.45) is 0 Å². The molecule has 0 aliphatic rings. The minimum absolute atomic E-state index is 0.0178. The van der Waals surface area contributed by atoms with Crippen LogP contribution in [0.1, 0.15) is 33.1 Å². The van der Waals surface area contributed by atoms with E-state index in [0.29, 0.717) is 11.6 Å². The molecule has 1 heterocycles. The van der Waals surface area contributed by atoms with Gasteiger partial charge in [0.15, 0.2) is 5.03 Å². The number of thiazole rings is 1. The number of nitrogens with zero attached hydrogens (tertiary/aromatic N) is 1. The number of aromatic nitrogens is 1. The molecule has 0 fully saturated rings. The van der Waals surface area contributed by atoms with Gasteiger partial charge in [0.25, 0.3) is 0 Å². The number of halogens is 1. The van der Waals surface area contributed by atoms with Crippen molar-refractivity contribution in [3.05, 3.63) is 29.3 Å². The molecular weight excluding hydrogens is 416 g/mol. The third-order valence-electron chi connectivity index (χ3n) is 3.67. The first-order valence-corrected chi connectivity index (χ1v) is 12.5. The molecule has 0 amide bonds. The lowest BCUT2D eigenvalue weighted by molar-refractivity contribution is 0.590. The Hall–Kier alpha value is -1.16. The molecule has 10 heteroatoms. The van der Waals surface area contributed by atoms with Crippen LogP contribution in [-0.4, -0.2) is 34.1 Å². The first-order chi connectivity index (χ1) is 12.2. The molecule has 6 nitrogen and oxygen atoms in total. The highest BCUT2D eigenvalue weighted by atomic mass is 35.5. The fourth-order valence-corrected chi connectivity index (χ4v) is 6.29. The van der Waals surface area contributed by atoms with Crippen molar-refractivity contribution in [2.45, 2.75) is 47.4 Å². The number of anilines is 1. The molecule has 144 valence electrons. The quantitative estimate of drug-likeness (QED) is 0.596. The molecule has 0 aliphatic heterocycles. The summed E-state index contributed by atoms with van der Waals surface area (Å²) >= 11 is 6.68. The number of hydrogen-bond donors (Lipinski definition) is 1. The van der Waals surface area contributed by atoms with Gasteiger partial charge in [0.05, 0.1) is 10.6 Å². The zero-order valence-corrected chi connectivity index (χ0v) is 17.7. The van der Waals surface area contributed by atoms with Gasteiger partial charge in [0, 0.05) is 11.6 Å². The third kappa shape index (κ3) is 4.76. The Morgan fingerprint density at radius 2 is 1.73 bits per heavy atom. The van der Waals surface area contributed by atoms with Gasteiger partial charge in [-0.1, -0.05) is 49.6 Å². The van der Waals surface area contributed by atoms with Crippen LogP contribution in [-0.2, 0) is 19.7 Å². The largest absolute Gasteiger partial charge is 0.374 e. The molecule has 0 spiro atoms. The Labute approximate surface area is 163 Å². The van der Waals surface area contributed by atoms with Gasteiger partial charge in [-0.05, 0) is 30.7 Å². The van der Waals surface area contributed by atoms with E-state index in [9.17, 15) is 16.8 Å². The second kappa shape index (κ2) is 8.69. The number of sulfone groups is 2. The van der Waals surface area contributed by atoms with E-state index in [4.69, 9.17) is 11.6 Å². The summed E-state index contributed by atoms with van der Waals surface area (Å²) in [4.78, 5) is 3.99. The molecule has 2 rings (SSSR count). The molecule has 0 atom stereocenters. The number of unbranched alkanes of at least 4 members (excludes halogenated alkanes) is 2. The van der Waals surface area contributed by atoms with E-state index in [1.165, 1.54) is 31.2 Å². The molecule has 1 N–H and O–H groups in total. The van der Waals surface area contributed by atoms with Crippen molar-refractivity contribution in [1.82, 2.24) is 4.98 Å². The third-order valence-corrected chi connectivity index (χ3v) is 8.95. The first kappa shape index (κ1) is 21.1. The van der Waals surface area contributed by atoms with E-state index in [-0.39, 0.29) is 25.0 Å². The van der Waals surface area contributed by atoms with Crippen LogP contribution in [0.4, 0.5) is 5.00 Å². The van der Waals surface area contributed by atoms with E-state index >= 15 is 0 Å². The van der Waals surface area contributed by atoms with Crippen molar-refractivity contribution < 1.29 is 16.8 Å². The highest BCUT2D eigenvalue weighted by molar-refractivity contribution is 7.94. The lowest BCUT2D eigenvalue weighted by Crippen LogP contribution is -2.09. The minimum Gasteiger partial charge on any atom is -0.374 e. The van der Waals surface area contributed by atoms with E-state index in [1.54, 1.807) is 0 Å². The van der Waals surface area contributed by atoms with Crippen LogP contribution < -0.4 is 5.32 Å².